The van der Waals surface area contributed by atoms with Crippen molar-refractivity contribution in [3.8, 4) is 0 Å². The van der Waals surface area contributed by atoms with Crippen LogP contribution in [0.2, 0.25) is 0 Å². The third-order valence-corrected chi connectivity index (χ3v) is 5.00. The van der Waals surface area contributed by atoms with Gasteiger partial charge in [-0.2, -0.15) is 0 Å². The molecule has 20 heavy (non-hydrogen) atoms. The van der Waals surface area contributed by atoms with E-state index in [-0.39, 0.29) is 17.0 Å². The fourth-order valence-corrected chi connectivity index (χ4v) is 3.52. The van der Waals surface area contributed by atoms with E-state index in [9.17, 15) is 0 Å². The molecule has 1 atom stereocenters. The molecule has 0 amide bonds. The van der Waals surface area contributed by atoms with Crippen molar-refractivity contribution in [2.75, 3.05) is 6.16 Å². The first-order chi connectivity index (χ1) is 9.24. The van der Waals surface area contributed by atoms with Gasteiger partial charge in [0.25, 0.3) is 0 Å². The Bertz CT molecular complexity index is 160. The van der Waals surface area contributed by atoms with E-state index < -0.39 is 0 Å². The van der Waals surface area contributed by atoms with E-state index in [0.29, 0.717) is 5.41 Å². The topological polar surface area (TPSA) is 0 Å². The highest BCUT2D eigenvalue weighted by molar-refractivity contribution is 8.93. The second-order valence-corrected chi connectivity index (χ2v) is 6.99. The third kappa shape index (κ3) is 11.6. The summed E-state index contributed by atoms with van der Waals surface area (Å²) in [6.45, 7) is 7.04. The maximum atomic E-state index is 2.87. The highest BCUT2D eigenvalue weighted by Gasteiger charge is 2.27. The molecule has 2 heteroatoms. The lowest BCUT2D eigenvalue weighted by atomic mass is 9.71. The standard InChI is InChI=1S/C18H39P.BrH/c1-4-7-13-18(14-8-5-2,15-9-6-3)16-11-10-12-17-19;/h4-17,19H2,1-3H3;1H. The van der Waals surface area contributed by atoms with Gasteiger partial charge >= 0.3 is 0 Å². The summed E-state index contributed by atoms with van der Waals surface area (Å²) in [5, 5.41) is 0. The van der Waals surface area contributed by atoms with E-state index in [1.165, 1.54) is 89.6 Å². The monoisotopic (exact) mass is 366 g/mol. The third-order valence-electron chi connectivity index (χ3n) is 4.59. The molecule has 0 radical (unpaired) electrons. The molecule has 0 heterocycles. The van der Waals surface area contributed by atoms with Gasteiger partial charge < -0.3 is 0 Å². The van der Waals surface area contributed by atoms with E-state index in [1.54, 1.807) is 0 Å². The molecule has 0 aromatic heterocycles. The number of unbranched alkanes of at least 4 members (excludes halogenated alkanes) is 5. The Morgan fingerprint density at radius 3 is 1.35 bits per heavy atom. The molecule has 0 fully saturated rings. The van der Waals surface area contributed by atoms with Gasteiger partial charge in [-0.15, -0.1) is 26.2 Å². The largest absolute Gasteiger partial charge is 0.138 e. The van der Waals surface area contributed by atoms with Crippen LogP contribution in [0, 0.1) is 5.41 Å². The molecule has 1 unspecified atom stereocenters. The van der Waals surface area contributed by atoms with Crippen molar-refractivity contribution < 1.29 is 0 Å². The Morgan fingerprint density at radius 2 is 1.00 bits per heavy atom. The average molecular weight is 367 g/mol. The van der Waals surface area contributed by atoms with Gasteiger partial charge in [0.2, 0.25) is 0 Å². The summed E-state index contributed by atoms with van der Waals surface area (Å²) < 4.78 is 0. The van der Waals surface area contributed by atoms with Crippen molar-refractivity contribution in [1.82, 2.24) is 0 Å². The van der Waals surface area contributed by atoms with Crippen LogP contribution >= 0.6 is 26.2 Å². The van der Waals surface area contributed by atoms with Crippen LogP contribution in [0.15, 0.2) is 0 Å². The van der Waals surface area contributed by atoms with Crippen LogP contribution in [-0.4, -0.2) is 6.16 Å². The molecule has 0 N–H and O–H groups in total. The lowest BCUT2D eigenvalue weighted by molar-refractivity contribution is 0.176. The molecule has 0 nitrogen and oxygen atoms in total. The Hall–Kier alpha value is 0.910. The molecule has 0 spiro atoms. The Morgan fingerprint density at radius 1 is 0.600 bits per heavy atom. The van der Waals surface area contributed by atoms with Gasteiger partial charge in [0.15, 0.2) is 0 Å². The minimum atomic E-state index is 0. The van der Waals surface area contributed by atoms with Gasteiger partial charge in [-0.3, -0.25) is 0 Å². The van der Waals surface area contributed by atoms with E-state index in [2.05, 4.69) is 30.0 Å². The van der Waals surface area contributed by atoms with Gasteiger partial charge in [-0.05, 0) is 43.7 Å². The smallest absolute Gasteiger partial charge is 0.0297 e. The summed E-state index contributed by atoms with van der Waals surface area (Å²) in [6, 6.07) is 0. The second-order valence-electron chi connectivity index (χ2n) is 6.41. The van der Waals surface area contributed by atoms with Gasteiger partial charge in [-0.1, -0.05) is 72.1 Å². The minimum Gasteiger partial charge on any atom is -0.138 e. The van der Waals surface area contributed by atoms with Crippen LogP contribution in [0.25, 0.3) is 0 Å². The van der Waals surface area contributed by atoms with Crippen molar-refractivity contribution in [3.63, 3.8) is 0 Å². The van der Waals surface area contributed by atoms with E-state index in [0.717, 1.165) is 0 Å². The lowest BCUT2D eigenvalue weighted by Gasteiger charge is -2.35. The van der Waals surface area contributed by atoms with Crippen molar-refractivity contribution in [2.24, 2.45) is 5.41 Å². The van der Waals surface area contributed by atoms with Crippen LogP contribution < -0.4 is 0 Å². The first kappa shape index (κ1) is 23.2. The summed E-state index contributed by atoms with van der Waals surface area (Å²) in [5.41, 5.74) is 0.697. The fourth-order valence-electron chi connectivity index (χ4n) is 3.23. The molecule has 0 saturated heterocycles. The van der Waals surface area contributed by atoms with Gasteiger partial charge in [0.1, 0.15) is 0 Å². The number of hydrogen-bond acceptors (Lipinski definition) is 0. The van der Waals surface area contributed by atoms with Crippen molar-refractivity contribution in [3.05, 3.63) is 0 Å². The Kier molecular flexibility index (Phi) is 18.9. The average Bonchev–Trinajstić information content (AvgIpc) is 2.44. The first-order valence-corrected chi connectivity index (χ1v) is 9.76. The molecular formula is C18H40BrP. The summed E-state index contributed by atoms with van der Waals surface area (Å²) in [6.07, 6.45) is 20.0. The summed E-state index contributed by atoms with van der Waals surface area (Å²) in [7, 11) is 2.87. The molecular weight excluding hydrogens is 327 g/mol. The molecule has 124 valence electrons. The van der Waals surface area contributed by atoms with E-state index >= 15 is 0 Å². The van der Waals surface area contributed by atoms with Crippen molar-refractivity contribution in [1.29, 1.82) is 0 Å². The normalized spacial score (nSPS) is 11.4. The number of rotatable bonds is 14. The fraction of sp³-hybridized carbons (Fsp3) is 1.00. The van der Waals surface area contributed by atoms with Gasteiger partial charge in [0.05, 0.1) is 0 Å². The second kappa shape index (κ2) is 16.3. The molecule has 0 aromatic carbocycles. The molecule has 0 saturated carbocycles. The van der Waals surface area contributed by atoms with Gasteiger partial charge in [-0.25, -0.2) is 0 Å². The maximum absolute atomic E-state index is 2.87. The van der Waals surface area contributed by atoms with Gasteiger partial charge in [0, 0.05) is 0 Å². The van der Waals surface area contributed by atoms with Crippen LogP contribution in [0.1, 0.15) is 104 Å². The molecule has 0 aliphatic heterocycles. The molecule has 0 bridgehead atoms. The van der Waals surface area contributed by atoms with Crippen LogP contribution in [0.5, 0.6) is 0 Å². The van der Waals surface area contributed by atoms with Crippen molar-refractivity contribution in [2.45, 2.75) is 104 Å². The zero-order chi connectivity index (χ0) is 14.4. The number of halogens is 1. The SMILES string of the molecule is Br.CCCCC(CCCC)(CCCC)CCCCCP. The quantitative estimate of drug-likeness (QED) is 0.219. The zero-order valence-corrected chi connectivity index (χ0v) is 17.3. The van der Waals surface area contributed by atoms with Crippen LogP contribution in [0.4, 0.5) is 0 Å². The predicted octanol–water partition coefficient (Wildman–Crippen LogP) is 7.56. The molecule has 0 aliphatic rings. The zero-order valence-electron chi connectivity index (χ0n) is 14.4. The number of hydrogen-bond donors (Lipinski definition) is 0. The maximum Gasteiger partial charge on any atom is -0.0297 e. The molecule has 0 aromatic rings. The summed E-state index contributed by atoms with van der Waals surface area (Å²) in [5.74, 6) is 0. The van der Waals surface area contributed by atoms with Crippen molar-refractivity contribution >= 4 is 26.2 Å². The summed E-state index contributed by atoms with van der Waals surface area (Å²) >= 11 is 0. The highest BCUT2D eigenvalue weighted by atomic mass is 79.9. The lowest BCUT2D eigenvalue weighted by Crippen LogP contribution is -2.21. The predicted molar refractivity (Wildman–Crippen MR) is 104 cm³/mol. The van der Waals surface area contributed by atoms with Crippen LogP contribution in [0.3, 0.4) is 0 Å². The Labute approximate surface area is 142 Å². The Balaban J connectivity index is 0. The van der Waals surface area contributed by atoms with E-state index in [4.69, 9.17) is 0 Å². The molecule has 0 aliphatic carbocycles. The first-order valence-electron chi connectivity index (χ1n) is 8.94. The highest BCUT2D eigenvalue weighted by Crippen LogP contribution is 2.41. The summed E-state index contributed by atoms with van der Waals surface area (Å²) in [4.78, 5) is 0. The minimum absolute atomic E-state index is 0. The molecule has 0 rings (SSSR count). The van der Waals surface area contributed by atoms with Crippen LogP contribution in [-0.2, 0) is 0 Å². The van der Waals surface area contributed by atoms with E-state index in [1.807, 2.05) is 0 Å².